The van der Waals surface area contributed by atoms with Crippen molar-refractivity contribution in [3.05, 3.63) is 23.9 Å². The number of urea groups is 1. The molecule has 23 heavy (non-hydrogen) atoms. The van der Waals surface area contributed by atoms with Gasteiger partial charge in [-0.1, -0.05) is 6.07 Å². The number of hydrogen-bond acceptors (Lipinski definition) is 5. The van der Waals surface area contributed by atoms with Crippen molar-refractivity contribution in [1.82, 2.24) is 15.2 Å². The van der Waals surface area contributed by atoms with Gasteiger partial charge in [-0.25, -0.2) is 9.78 Å². The van der Waals surface area contributed by atoms with Gasteiger partial charge in [-0.2, -0.15) is 11.8 Å². The van der Waals surface area contributed by atoms with E-state index in [9.17, 15) is 4.79 Å². The van der Waals surface area contributed by atoms with Crippen LogP contribution in [0.3, 0.4) is 0 Å². The van der Waals surface area contributed by atoms with Crippen LogP contribution in [0.25, 0.3) is 0 Å². The van der Waals surface area contributed by atoms with Crippen LogP contribution < -0.4 is 10.2 Å². The number of thioether (sulfide) groups is 1. The van der Waals surface area contributed by atoms with Gasteiger partial charge in [0.05, 0.1) is 13.2 Å². The first-order valence-electron chi connectivity index (χ1n) is 8.22. The first kappa shape index (κ1) is 16.4. The molecule has 1 N–H and O–H groups in total. The molecule has 0 radical (unpaired) electrons. The number of rotatable bonds is 3. The lowest BCUT2D eigenvalue weighted by atomic mass is 10.2. The quantitative estimate of drug-likeness (QED) is 0.908. The van der Waals surface area contributed by atoms with Crippen LogP contribution in [0.15, 0.2) is 18.3 Å². The number of anilines is 1. The van der Waals surface area contributed by atoms with Crippen molar-refractivity contribution in [3.8, 4) is 0 Å². The van der Waals surface area contributed by atoms with Gasteiger partial charge in [0.15, 0.2) is 0 Å². The summed E-state index contributed by atoms with van der Waals surface area (Å²) in [6.07, 6.45) is 2.88. The molecule has 1 aromatic heterocycles. The maximum absolute atomic E-state index is 12.4. The van der Waals surface area contributed by atoms with Crippen molar-refractivity contribution >= 4 is 23.6 Å². The summed E-state index contributed by atoms with van der Waals surface area (Å²) >= 11 is 1.92. The molecule has 3 heterocycles. The smallest absolute Gasteiger partial charge is 0.317 e. The number of morpholine rings is 1. The maximum Gasteiger partial charge on any atom is 0.317 e. The molecular formula is C16H24N4O2S. The third-order valence-electron chi connectivity index (χ3n) is 4.12. The van der Waals surface area contributed by atoms with Gasteiger partial charge in [-0.15, -0.1) is 0 Å². The second-order valence-corrected chi connectivity index (χ2v) is 6.92. The van der Waals surface area contributed by atoms with E-state index in [-0.39, 0.29) is 6.03 Å². The standard InChI is InChI=1S/C16H24N4O2S/c21-16(20-5-2-11-23-12-8-20)18-13-14-3-1-4-17-15(14)19-6-9-22-10-7-19/h1,3-4H,2,5-13H2,(H,18,21). The predicted octanol–water partition coefficient (Wildman–Crippen LogP) is 1.57. The number of aromatic nitrogens is 1. The van der Waals surface area contributed by atoms with E-state index >= 15 is 0 Å². The molecule has 1 aromatic rings. The number of ether oxygens (including phenoxy) is 1. The summed E-state index contributed by atoms with van der Waals surface area (Å²) in [5.74, 6) is 3.13. The van der Waals surface area contributed by atoms with E-state index in [1.165, 1.54) is 0 Å². The van der Waals surface area contributed by atoms with E-state index in [2.05, 4.69) is 15.2 Å². The van der Waals surface area contributed by atoms with Crippen LogP contribution in [0.4, 0.5) is 10.6 Å². The second kappa shape index (κ2) is 8.40. The van der Waals surface area contributed by atoms with Crippen LogP contribution in [-0.4, -0.2) is 66.8 Å². The summed E-state index contributed by atoms with van der Waals surface area (Å²) in [6, 6.07) is 3.99. The molecule has 0 saturated carbocycles. The Morgan fingerprint density at radius 2 is 2.13 bits per heavy atom. The molecule has 0 aromatic carbocycles. The summed E-state index contributed by atoms with van der Waals surface area (Å²) < 4.78 is 5.40. The normalized spacial score (nSPS) is 19.3. The Kier molecular flexibility index (Phi) is 5.99. The molecule has 0 unspecified atom stereocenters. The molecule has 3 rings (SSSR count). The van der Waals surface area contributed by atoms with Gasteiger partial charge < -0.3 is 19.9 Å². The number of pyridine rings is 1. The third-order valence-corrected chi connectivity index (χ3v) is 5.17. The van der Waals surface area contributed by atoms with E-state index in [0.717, 1.165) is 68.7 Å². The molecule has 2 aliphatic rings. The zero-order chi connectivity index (χ0) is 15.9. The van der Waals surface area contributed by atoms with E-state index in [4.69, 9.17) is 4.74 Å². The monoisotopic (exact) mass is 336 g/mol. The van der Waals surface area contributed by atoms with Gasteiger partial charge in [0, 0.05) is 50.2 Å². The van der Waals surface area contributed by atoms with E-state index in [1.807, 2.05) is 35.0 Å². The van der Waals surface area contributed by atoms with Crippen molar-refractivity contribution in [1.29, 1.82) is 0 Å². The molecule has 2 aliphatic heterocycles. The van der Waals surface area contributed by atoms with Gasteiger partial charge in [0.2, 0.25) is 0 Å². The Labute approximate surface area is 141 Å². The minimum atomic E-state index is 0.0317. The average Bonchev–Trinajstić information content (AvgIpc) is 2.90. The highest BCUT2D eigenvalue weighted by molar-refractivity contribution is 7.99. The van der Waals surface area contributed by atoms with Crippen LogP contribution >= 0.6 is 11.8 Å². The molecule has 6 nitrogen and oxygen atoms in total. The molecular weight excluding hydrogens is 312 g/mol. The van der Waals surface area contributed by atoms with Gasteiger partial charge in [0.1, 0.15) is 5.82 Å². The Bertz CT molecular complexity index is 515. The first-order valence-corrected chi connectivity index (χ1v) is 9.37. The number of nitrogens with zero attached hydrogens (tertiary/aromatic N) is 3. The highest BCUT2D eigenvalue weighted by atomic mass is 32.2. The van der Waals surface area contributed by atoms with Crippen LogP contribution in [0, 0.1) is 0 Å². The van der Waals surface area contributed by atoms with Crippen LogP contribution in [0.5, 0.6) is 0 Å². The van der Waals surface area contributed by atoms with E-state index in [1.54, 1.807) is 0 Å². The van der Waals surface area contributed by atoms with Crippen molar-refractivity contribution in [2.45, 2.75) is 13.0 Å². The number of amides is 2. The van der Waals surface area contributed by atoms with Crippen molar-refractivity contribution in [3.63, 3.8) is 0 Å². The number of hydrogen-bond donors (Lipinski definition) is 1. The lowest BCUT2D eigenvalue weighted by molar-refractivity contribution is 0.122. The maximum atomic E-state index is 12.4. The zero-order valence-electron chi connectivity index (χ0n) is 13.4. The Morgan fingerprint density at radius 3 is 3.00 bits per heavy atom. The lowest BCUT2D eigenvalue weighted by Gasteiger charge is -2.29. The van der Waals surface area contributed by atoms with Crippen LogP contribution in [-0.2, 0) is 11.3 Å². The van der Waals surface area contributed by atoms with Gasteiger partial charge in [-0.05, 0) is 18.2 Å². The van der Waals surface area contributed by atoms with Crippen molar-refractivity contribution < 1.29 is 9.53 Å². The van der Waals surface area contributed by atoms with Crippen LogP contribution in [0.2, 0.25) is 0 Å². The molecule has 0 aliphatic carbocycles. The summed E-state index contributed by atoms with van der Waals surface area (Å²) in [7, 11) is 0. The number of nitrogens with one attached hydrogen (secondary N) is 1. The summed E-state index contributed by atoms with van der Waals surface area (Å²) in [5.41, 5.74) is 1.06. The minimum Gasteiger partial charge on any atom is -0.378 e. The Morgan fingerprint density at radius 1 is 1.26 bits per heavy atom. The molecule has 0 spiro atoms. The molecule has 2 saturated heterocycles. The molecule has 2 amide bonds. The molecule has 0 bridgehead atoms. The SMILES string of the molecule is O=C(NCc1cccnc1N1CCOCC1)N1CCCSCC1. The first-order chi connectivity index (χ1) is 11.3. The Hall–Kier alpha value is -1.47. The highest BCUT2D eigenvalue weighted by Gasteiger charge is 2.18. The highest BCUT2D eigenvalue weighted by Crippen LogP contribution is 2.18. The molecule has 0 atom stereocenters. The van der Waals surface area contributed by atoms with Gasteiger partial charge >= 0.3 is 6.03 Å². The molecule has 7 heteroatoms. The predicted molar refractivity (Wildman–Crippen MR) is 93.0 cm³/mol. The van der Waals surface area contributed by atoms with Crippen molar-refractivity contribution in [2.24, 2.45) is 0 Å². The summed E-state index contributed by atoms with van der Waals surface area (Å²) in [6.45, 7) is 5.36. The van der Waals surface area contributed by atoms with E-state index in [0.29, 0.717) is 6.54 Å². The summed E-state index contributed by atoms with van der Waals surface area (Å²) in [4.78, 5) is 21.0. The van der Waals surface area contributed by atoms with Crippen molar-refractivity contribution in [2.75, 3.05) is 55.8 Å². The fourth-order valence-corrected chi connectivity index (χ4v) is 3.75. The van der Waals surface area contributed by atoms with Crippen LogP contribution in [0.1, 0.15) is 12.0 Å². The van der Waals surface area contributed by atoms with Gasteiger partial charge in [0.25, 0.3) is 0 Å². The lowest BCUT2D eigenvalue weighted by Crippen LogP contribution is -2.41. The summed E-state index contributed by atoms with van der Waals surface area (Å²) in [5, 5.41) is 3.06. The Balaban J connectivity index is 1.60. The fraction of sp³-hybridized carbons (Fsp3) is 0.625. The average molecular weight is 336 g/mol. The fourth-order valence-electron chi connectivity index (χ4n) is 2.86. The topological polar surface area (TPSA) is 57.7 Å². The second-order valence-electron chi connectivity index (χ2n) is 5.70. The third kappa shape index (κ3) is 4.51. The van der Waals surface area contributed by atoms with Gasteiger partial charge in [-0.3, -0.25) is 0 Å². The zero-order valence-corrected chi connectivity index (χ0v) is 14.2. The molecule has 126 valence electrons. The molecule has 2 fully saturated rings. The minimum absolute atomic E-state index is 0.0317. The van der Waals surface area contributed by atoms with E-state index < -0.39 is 0 Å². The largest absolute Gasteiger partial charge is 0.378 e. The number of carbonyl (C=O) groups is 1. The number of carbonyl (C=O) groups excluding carboxylic acids is 1.